The molecule has 0 radical (unpaired) electrons. The number of benzene rings is 1. The minimum atomic E-state index is -5.14. The van der Waals surface area contributed by atoms with Gasteiger partial charge in [-0.05, 0) is 82.6 Å². The second-order valence-corrected chi connectivity index (χ2v) is 20.4. The maximum absolute atomic E-state index is 14.1. The Labute approximate surface area is 406 Å². The van der Waals surface area contributed by atoms with Crippen molar-refractivity contribution in [2.24, 2.45) is 16.8 Å². The number of carbonyl (C=O) groups is 6. The number of phosphoric acid groups is 1. The second-order valence-electron chi connectivity index (χ2n) is 17.4. The van der Waals surface area contributed by atoms with Gasteiger partial charge < -0.3 is 56.2 Å². The summed E-state index contributed by atoms with van der Waals surface area (Å²) in [5, 5.41) is 24.1. The molecule has 0 saturated carbocycles. The summed E-state index contributed by atoms with van der Waals surface area (Å²) in [7, 11) is -8.98. The topological polar surface area (TPSA) is 345 Å². The van der Waals surface area contributed by atoms with E-state index in [2.05, 4.69) is 35.9 Å². The molecule has 6 amide bonds. The van der Waals surface area contributed by atoms with E-state index < -0.39 is 90.3 Å². The van der Waals surface area contributed by atoms with Gasteiger partial charge in [-0.15, -0.1) is 0 Å². The molecule has 3 aromatic rings. The molecular weight excluding hydrogens is 956 g/mol. The monoisotopic (exact) mass is 1020 g/mol. The number of unbranched alkanes of at least 4 members (excludes halogenated alkanes) is 3. The van der Waals surface area contributed by atoms with Crippen molar-refractivity contribution in [1.82, 2.24) is 39.7 Å². The highest BCUT2D eigenvalue weighted by Gasteiger charge is 2.37. The Hall–Kier alpha value is -5.98. The zero-order valence-corrected chi connectivity index (χ0v) is 41.5. The number of hydrogen-bond donors (Lipinski definition) is 8. The summed E-state index contributed by atoms with van der Waals surface area (Å²) in [5.74, 6) is -5.10. The summed E-state index contributed by atoms with van der Waals surface area (Å²) in [6.07, 6.45) is 7.83. The zero-order chi connectivity index (χ0) is 51.8. The van der Waals surface area contributed by atoms with Crippen LogP contribution in [0.5, 0.6) is 0 Å². The molecule has 1 aliphatic heterocycles. The Kier molecular flexibility index (Phi) is 21.3. The van der Waals surface area contributed by atoms with E-state index in [0.717, 1.165) is 29.3 Å². The lowest BCUT2D eigenvalue weighted by Gasteiger charge is -2.28. The predicted molar refractivity (Wildman–Crippen MR) is 253 cm³/mol. The number of primary amides is 1. The lowest BCUT2D eigenvalue weighted by Crippen LogP contribution is -2.61. The number of amides is 6. The maximum atomic E-state index is 14.1. The summed E-state index contributed by atoms with van der Waals surface area (Å²) in [4.78, 5) is 109. The van der Waals surface area contributed by atoms with Crippen LogP contribution in [-0.4, -0.2) is 139 Å². The molecule has 1 aliphatic rings. The largest absolute Gasteiger partial charge is 0.469 e. The van der Waals surface area contributed by atoms with Crippen molar-refractivity contribution in [3.8, 4) is 0 Å². The number of likely N-dealkylation sites (tertiary alicyclic amines) is 1. The third-order valence-corrected chi connectivity index (χ3v) is 13.6. The van der Waals surface area contributed by atoms with Crippen LogP contribution in [0.3, 0.4) is 0 Å². The highest BCUT2D eigenvalue weighted by Crippen LogP contribution is 2.38. The predicted octanol–water partition coefficient (Wildman–Crippen LogP) is 0.355. The Morgan fingerprint density at radius 1 is 0.943 bits per heavy atom. The standard InChI is InChI=1S/C44H65N10O14PS/c1-28(2)22-35(49-44(61)38-13-11-19-53(38)31(5)56)41(58)48-36(42(59)50-37(26-55)43(60)51-39(40(45)57)30(4)68-69(62,63)64)23-33-24-46-27-52(33)18-8-6-7-9-21-67-47-25-32-12-10-20-54(32)70(65,66)34-16-14-29(3)15-17-34/h10,12,14-17,20,24-25,27-28,30,35-39,55H,6-9,11,13,18-19,21-23,26H2,1-5H3,(H2,45,57)(H,48,58)(H,49,61)(H,50,59)(H,51,60)(H2,62,63,64)/b47-25+/t30-,35+,36+,37+,38+,39+/m1/s1. The summed E-state index contributed by atoms with van der Waals surface area (Å²) in [6.45, 7) is 7.99. The van der Waals surface area contributed by atoms with E-state index in [4.69, 9.17) is 10.6 Å². The van der Waals surface area contributed by atoms with E-state index in [1.807, 2.05) is 20.8 Å². The van der Waals surface area contributed by atoms with Crippen LogP contribution < -0.4 is 27.0 Å². The van der Waals surface area contributed by atoms with Crippen molar-refractivity contribution in [3.05, 3.63) is 72.1 Å². The highest BCUT2D eigenvalue weighted by molar-refractivity contribution is 7.90. The van der Waals surface area contributed by atoms with Gasteiger partial charge in [0.2, 0.25) is 35.4 Å². The normalized spacial score (nSPS) is 16.3. The SMILES string of the molecule is CC(=O)N1CCC[C@H]1C(=O)N[C@@H](CC(C)C)C(=O)N[C@@H](Cc1cncn1CCCCCCO/N=C/c1cccn1S(=O)(=O)c1ccc(C)cc1)C(=O)N[C@@H](CO)C(=O)N[C@H](C(N)=O)[C@@H](C)OP(=O)(O)O. The third-order valence-electron chi connectivity index (χ3n) is 11.3. The van der Waals surface area contributed by atoms with E-state index in [1.54, 1.807) is 28.8 Å². The summed E-state index contributed by atoms with van der Waals surface area (Å²) in [5.41, 5.74) is 7.09. The Bertz CT molecular complexity index is 2460. The lowest BCUT2D eigenvalue weighted by molar-refractivity contribution is -0.139. The van der Waals surface area contributed by atoms with Crippen molar-refractivity contribution < 1.29 is 66.0 Å². The lowest BCUT2D eigenvalue weighted by atomic mass is 10.0. The maximum Gasteiger partial charge on any atom is 0.469 e. The number of nitrogens with one attached hydrogen (secondary N) is 4. The zero-order valence-electron chi connectivity index (χ0n) is 39.8. The number of hydrogen-bond acceptors (Lipinski definition) is 14. The molecule has 1 aromatic carbocycles. The number of carbonyl (C=O) groups excluding carboxylic acids is 6. The van der Waals surface area contributed by atoms with Crippen molar-refractivity contribution in [1.29, 1.82) is 0 Å². The number of nitrogens with zero attached hydrogens (tertiary/aromatic N) is 5. The molecule has 6 atom stereocenters. The Morgan fingerprint density at radius 3 is 2.24 bits per heavy atom. The molecule has 9 N–H and O–H groups in total. The fourth-order valence-corrected chi connectivity index (χ4v) is 9.56. The number of aromatic nitrogens is 3. The number of rotatable bonds is 28. The molecule has 26 heteroatoms. The van der Waals surface area contributed by atoms with E-state index in [1.165, 1.54) is 48.9 Å². The highest BCUT2D eigenvalue weighted by atomic mass is 32.2. The minimum absolute atomic E-state index is 0.122. The smallest absolute Gasteiger partial charge is 0.396 e. The molecule has 1 saturated heterocycles. The molecule has 4 rings (SSSR count). The van der Waals surface area contributed by atoms with Gasteiger partial charge in [-0.25, -0.2) is 21.9 Å². The number of aryl methyl sites for hydroxylation is 2. The van der Waals surface area contributed by atoms with Gasteiger partial charge in [0, 0.05) is 44.5 Å². The van der Waals surface area contributed by atoms with Gasteiger partial charge in [-0.1, -0.05) is 43.1 Å². The molecule has 0 spiro atoms. The van der Waals surface area contributed by atoms with E-state index in [0.29, 0.717) is 50.2 Å². The molecule has 0 bridgehead atoms. The number of nitrogens with two attached hydrogens (primary N) is 1. The number of aliphatic hydroxyl groups excluding tert-OH is 1. The van der Waals surface area contributed by atoms with Gasteiger partial charge in [0.05, 0.1) is 35.8 Å². The van der Waals surface area contributed by atoms with Gasteiger partial charge in [0.15, 0.2) is 0 Å². The average molecular weight is 1020 g/mol. The van der Waals surface area contributed by atoms with Crippen LogP contribution in [0.4, 0.5) is 0 Å². The van der Waals surface area contributed by atoms with Gasteiger partial charge in [-0.3, -0.25) is 33.3 Å². The molecule has 0 unspecified atom stereocenters. The number of oxime groups is 1. The van der Waals surface area contributed by atoms with Crippen LogP contribution in [0.2, 0.25) is 0 Å². The first kappa shape index (κ1) is 56.6. The summed E-state index contributed by atoms with van der Waals surface area (Å²) in [6, 6.07) is 2.73. The third kappa shape index (κ3) is 16.9. The average Bonchev–Trinajstić information content (AvgIpc) is 4.08. The fraction of sp³-hybridized carbons (Fsp3) is 0.545. The molecule has 386 valence electrons. The van der Waals surface area contributed by atoms with Crippen molar-refractivity contribution in [3.63, 3.8) is 0 Å². The van der Waals surface area contributed by atoms with Crippen LogP contribution in [0.25, 0.3) is 0 Å². The molecule has 70 heavy (non-hydrogen) atoms. The molecular formula is C44H65N10O14PS. The van der Waals surface area contributed by atoms with Crippen LogP contribution in [0.1, 0.15) is 89.6 Å². The van der Waals surface area contributed by atoms with Gasteiger partial charge in [0.25, 0.3) is 10.0 Å². The van der Waals surface area contributed by atoms with Crippen LogP contribution in [0, 0.1) is 12.8 Å². The number of imidazole rings is 1. The van der Waals surface area contributed by atoms with E-state index in [9.17, 15) is 56.6 Å². The van der Waals surface area contributed by atoms with E-state index in [-0.39, 0.29) is 36.2 Å². The number of phosphoric ester groups is 1. The summed E-state index contributed by atoms with van der Waals surface area (Å²) >= 11 is 0. The molecule has 2 aromatic heterocycles. The van der Waals surface area contributed by atoms with Gasteiger partial charge in [-0.2, -0.15) is 0 Å². The summed E-state index contributed by atoms with van der Waals surface area (Å²) < 4.78 is 45.1. The van der Waals surface area contributed by atoms with E-state index >= 15 is 0 Å². The second kappa shape index (κ2) is 26.3. The first-order chi connectivity index (χ1) is 33.0. The van der Waals surface area contributed by atoms with Crippen molar-refractivity contribution in [2.45, 2.75) is 134 Å². The molecule has 24 nitrogen and oxygen atoms in total. The number of aliphatic hydroxyl groups is 1. The Balaban J connectivity index is 1.42. The molecule has 0 aliphatic carbocycles. The van der Waals surface area contributed by atoms with Crippen molar-refractivity contribution in [2.75, 3.05) is 19.8 Å². The first-order valence-corrected chi connectivity index (χ1v) is 25.8. The Morgan fingerprint density at radius 2 is 1.60 bits per heavy atom. The quantitative estimate of drug-likeness (QED) is 0.0211. The van der Waals surface area contributed by atoms with Crippen molar-refractivity contribution >= 4 is 59.5 Å². The van der Waals surface area contributed by atoms with Crippen LogP contribution >= 0.6 is 7.82 Å². The molecule has 3 heterocycles. The fourth-order valence-electron chi connectivity index (χ4n) is 7.68. The van der Waals surface area contributed by atoms with Gasteiger partial charge >= 0.3 is 7.82 Å². The van der Waals surface area contributed by atoms with Crippen LogP contribution in [0.15, 0.2) is 65.2 Å². The van der Waals surface area contributed by atoms with Crippen LogP contribution in [-0.2, 0) is 65.7 Å². The van der Waals surface area contributed by atoms with Gasteiger partial charge in [0.1, 0.15) is 36.8 Å². The minimum Gasteiger partial charge on any atom is -0.396 e. The first-order valence-electron chi connectivity index (χ1n) is 22.8. The molecule has 1 fully saturated rings.